The van der Waals surface area contributed by atoms with Gasteiger partial charge in [-0.1, -0.05) is 5.92 Å². The number of rotatable bonds is 8. The van der Waals surface area contributed by atoms with Gasteiger partial charge in [-0.05, 0) is 0 Å². The van der Waals surface area contributed by atoms with E-state index in [2.05, 4.69) is 28.2 Å². The number of nitrogens with two attached hydrogens (primary N) is 1. The molecular weight excluding hydrogens is 515 g/mol. The van der Waals surface area contributed by atoms with E-state index in [9.17, 15) is 28.8 Å². The van der Waals surface area contributed by atoms with Crippen molar-refractivity contribution in [1.29, 1.82) is 0 Å². The van der Waals surface area contributed by atoms with Crippen molar-refractivity contribution in [3.63, 3.8) is 0 Å². The minimum Gasteiger partial charge on any atom is -0.386 e. The number of nitrogen functional groups attached to an aromatic ring is 1. The Labute approximate surface area is 183 Å². The smallest absolute Gasteiger partial charge is 0.386 e. The fourth-order valence-electron chi connectivity index (χ4n) is 2.88. The maximum absolute atomic E-state index is 11.9. The quantitative estimate of drug-likeness (QED) is 0.146. The largest absolute Gasteiger partial charge is 0.490 e. The molecule has 8 N–H and O–H groups in total. The molecule has 182 valence electrons. The van der Waals surface area contributed by atoms with Gasteiger partial charge in [0.25, 0.3) is 0 Å². The second kappa shape index (κ2) is 8.77. The monoisotopic (exact) mass is 531 g/mol. The fourth-order valence-corrected chi connectivity index (χ4v) is 5.91. The van der Waals surface area contributed by atoms with E-state index >= 15 is 0 Å². The highest BCUT2D eigenvalue weighted by Crippen LogP contribution is 2.66. The van der Waals surface area contributed by atoms with Crippen LogP contribution < -0.4 is 5.73 Å². The van der Waals surface area contributed by atoms with Crippen LogP contribution in [-0.4, -0.2) is 73.8 Å². The van der Waals surface area contributed by atoms with Crippen LogP contribution in [0.5, 0.6) is 0 Å². The Balaban J connectivity index is 1.79. The molecule has 0 bridgehead atoms. The number of phosphoric acid groups is 3. The van der Waals surface area contributed by atoms with Crippen molar-refractivity contribution in [3.05, 3.63) is 18.2 Å². The Morgan fingerprint density at radius 2 is 1.88 bits per heavy atom. The van der Waals surface area contributed by atoms with Crippen LogP contribution in [0.2, 0.25) is 0 Å². The molecule has 3 heterocycles. The van der Waals surface area contributed by atoms with Crippen LogP contribution in [0.4, 0.5) is 5.82 Å². The number of imidazole rings is 1. The lowest BCUT2D eigenvalue weighted by atomic mass is 9.90. The summed E-state index contributed by atoms with van der Waals surface area (Å²) in [5, 5.41) is 25.2. The average molecular weight is 531 g/mol. The predicted molar refractivity (Wildman–Crippen MR) is 102 cm³/mol. The first kappa shape index (κ1) is 25.8. The van der Waals surface area contributed by atoms with Gasteiger partial charge in [0.15, 0.2) is 17.1 Å². The lowest BCUT2D eigenvalue weighted by molar-refractivity contribution is -0.0364. The number of phosphoric ester groups is 1. The van der Waals surface area contributed by atoms with Gasteiger partial charge in [0, 0.05) is 0 Å². The molecule has 2 unspecified atom stereocenters. The number of nitrogens with zero attached hydrogens (tertiary/aromatic N) is 4. The third-order valence-corrected chi connectivity index (χ3v) is 7.99. The number of anilines is 1. The standard InChI is InChI=1S/C12H16N5O13P3/c1-2-12(19)8(18)7(4-27-32(23,24)30-33(25,26)29-31(20,21)22)28-9(12)6-3-14-11-10(13)15-5-16-17(6)11/h1,3,5,7-9,18-19H,4H2,(H,23,24)(H,25,26)(H2,13,15,16)(H2,20,21,22)/t7-,8-,9+,12-/m1/s1. The number of terminal acetylenes is 1. The molecule has 18 nitrogen and oxygen atoms in total. The second-order valence-electron chi connectivity index (χ2n) is 6.42. The number of ether oxygens (including phenoxy) is 1. The van der Waals surface area contributed by atoms with E-state index < -0.39 is 54.0 Å². The molecule has 0 saturated carbocycles. The maximum atomic E-state index is 11.9. The predicted octanol–water partition coefficient (Wildman–Crippen LogP) is -1.79. The summed E-state index contributed by atoms with van der Waals surface area (Å²) in [6.07, 6.45) is 2.52. The van der Waals surface area contributed by atoms with E-state index in [-0.39, 0.29) is 17.2 Å². The molecule has 1 fully saturated rings. The van der Waals surface area contributed by atoms with Crippen molar-refractivity contribution >= 4 is 34.9 Å². The Morgan fingerprint density at radius 3 is 2.48 bits per heavy atom. The number of aliphatic hydroxyl groups excluding tert-OH is 1. The minimum absolute atomic E-state index is 0.0134. The van der Waals surface area contributed by atoms with Crippen LogP contribution in [0.1, 0.15) is 11.8 Å². The molecule has 0 amide bonds. The zero-order valence-corrected chi connectivity index (χ0v) is 18.6. The van der Waals surface area contributed by atoms with Crippen LogP contribution in [0.3, 0.4) is 0 Å². The Morgan fingerprint density at radius 1 is 1.21 bits per heavy atom. The van der Waals surface area contributed by atoms with E-state index in [4.69, 9.17) is 31.6 Å². The molecule has 1 aliphatic rings. The molecular formula is C12H16N5O13P3. The van der Waals surface area contributed by atoms with Gasteiger partial charge in [-0.15, -0.1) is 6.42 Å². The summed E-state index contributed by atoms with van der Waals surface area (Å²) in [5.41, 5.74) is 3.34. The Bertz CT molecular complexity index is 1240. The number of hydrogen-bond donors (Lipinski definition) is 7. The molecule has 0 aliphatic carbocycles. The van der Waals surface area contributed by atoms with Crippen LogP contribution in [-0.2, 0) is 31.6 Å². The molecule has 0 spiro atoms. The molecule has 0 aromatic carbocycles. The molecule has 2 aromatic heterocycles. The highest BCUT2D eigenvalue weighted by atomic mass is 31.3. The first-order valence-electron chi connectivity index (χ1n) is 8.35. The van der Waals surface area contributed by atoms with E-state index in [1.165, 1.54) is 6.20 Å². The summed E-state index contributed by atoms with van der Waals surface area (Å²) < 4.78 is 52.1. The number of fused-ring (bicyclic) bond motifs is 1. The van der Waals surface area contributed by atoms with Crippen LogP contribution in [0, 0.1) is 12.3 Å². The normalized spacial score (nSPS) is 29.4. The molecule has 1 aliphatic heterocycles. The molecule has 2 aromatic rings. The van der Waals surface area contributed by atoms with Gasteiger partial charge in [0.2, 0.25) is 0 Å². The molecule has 3 rings (SSSR count). The van der Waals surface area contributed by atoms with Gasteiger partial charge in [0.05, 0.1) is 18.5 Å². The van der Waals surface area contributed by atoms with Crippen LogP contribution in [0.25, 0.3) is 5.65 Å². The topological polar surface area (TPSA) is 279 Å². The van der Waals surface area contributed by atoms with E-state index in [0.29, 0.717) is 0 Å². The summed E-state index contributed by atoms with van der Waals surface area (Å²) in [6.45, 7) is -1.06. The summed E-state index contributed by atoms with van der Waals surface area (Å²) in [7, 11) is -16.8. The van der Waals surface area contributed by atoms with Crippen LogP contribution >= 0.6 is 23.5 Å². The summed E-state index contributed by atoms with van der Waals surface area (Å²) in [4.78, 5) is 43.5. The van der Waals surface area contributed by atoms with Crippen molar-refractivity contribution < 1.29 is 61.4 Å². The summed E-state index contributed by atoms with van der Waals surface area (Å²) >= 11 is 0. The van der Waals surface area contributed by atoms with Gasteiger partial charge in [-0.2, -0.15) is 13.7 Å². The third-order valence-electron chi connectivity index (χ3n) is 4.19. The van der Waals surface area contributed by atoms with Crippen molar-refractivity contribution in [2.75, 3.05) is 12.3 Å². The second-order valence-corrected chi connectivity index (χ2v) is 10.8. The van der Waals surface area contributed by atoms with Gasteiger partial charge in [0.1, 0.15) is 24.6 Å². The number of hydrogen-bond acceptors (Lipinski definition) is 13. The SMILES string of the molecule is C#C[C@@]1(O)[C@H](O)[C@@H](COP(=O)(O)OP(=O)(O)OP(=O)(O)O)O[C@H]1c1cnc2c(N)ncnn12. The molecule has 6 atom stereocenters. The lowest BCUT2D eigenvalue weighted by Crippen LogP contribution is -2.44. The zero-order chi connectivity index (χ0) is 24.8. The van der Waals surface area contributed by atoms with Gasteiger partial charge in [-0.25, -0.2) is 28.2 Å². The van der Waals surface area contributed by atoms with E-state index in [0.717, 1.165) is 10.8 Å². The Kier molecular flexibility index (Phi) is 6.86. The van der Waals surface area contributed by atoms with E-state index in [1.54, 1.807) is 0 Å². The number of aromatic nitrogens is 4. The third kappa shape index (κ3) is 5.48. The van der Waals surface area contributed by atoms with Crippen LogP contribution in [0.15, 0.2) is 12.5 Å². The number of aliphatic hydroxyl groups is 2. The minimum atomic E-state index is -5.75. The summed E-state index contributed by atoms with van der Waals surface area (Å²) in [6, 6.07) is 0. The summed E-state index contributed by atoms with van der Waals surface area (Å²) in [5.74, 6) is 1.93. The molecule has 1 saturated heterocycles. The van der Waals surface area contributed by atoms with Crippen molar-refractivity contribution in [2.45, 2.75) is 23.9 Å². The van der Waals surface area contributed by atoms with Gasteiger partial charge >= 0.3 is 23.5 Å². The molecule has 21 heteroatoms. The average Bonchev–Trinajstić information content (AvgIpc) is 3.18. The first-order valence-corrected chi connectivity index (χ1v) is 12.9. The fraction of sp³-hybridized carbons (Fsp3) is 0.417. The van der Waals surface area contributed by atoms with Crippen molar-refractivity contribution in [2.24, 2.45) is 0 Å². The van der Waals surface area contributed by atoms with E-state index in [1.807, 2.05) is 5.92 Å². The highest BCUT2D eigenvalue weighted by Gasteiger charge is 2.57. The van der Waals surface area contributed by atoms with Gasteiger partial charge < -0.3 is 40.3 Å². The zero-order valence-electron chi connectivity index (χ0n) is 15.9. The van der Waals surface area contributed by atoms with Gasteiger partial charge in [-0.3, -0.25) is 4.52 Å². The molecule has 33 heavy (non-hydrogen) atoms. The Hall–Kier alpha value is -1.80. The lowest BCUT2D eigenvalue weighted by Gasteiger charge is -2.25. The van der Waals surface area contributed by atoms with Crippen molar-refractivity contribution in [3.8, 4) is 12.3 Å². The maximum Gasteiger partial charge on any atom is 0.490 e. The highest BCUT2D eigenvalue weighted by molar-refractivity contribution is 7.66. The first-order chi connectivity index (χ1) is 15.1. The molecule has 0 radical (unpaired) electrons. The van der Waals surface area contributed by atoms with Crippen molar-refractivity contribution in [1.82, 2.24) is 19.6 Å².